The first-order chi connectivity index (χ1) is 9.20. The molecular formula is C11H12N2O4S3. The third-order valence-electron chi connectivity index (χ3n) is 2.62. The van der Waals surface area contributed by atoms with Gasteiger partial charge in [-0.1, -0.05) is 0 Å². The molecule has 0 saturated carbocycles. The van der Waals surface area contributed by atoms with Crippen molar-refractivity contribution in [2.75, 3.05) is 4.72 Å². The number of rotatable bonds is 4. The van der Waals surface area contributed by atoms with Gasteiger partial charge in [-0.25, -0.2) is 18.2 Å². The van der Waals surface area contributed by atoms with E-state index in [0.29, 0.717) is 4.88 Å². The summed E-state index contributed by atoms with van der Waals surface area (Å²) in [4.78, 5) is 16.3. The summed E-state index contributed by atoms with van der Waals surface area (Å²) in [6.45, 7) is 5.22. The molecule has 2 aromatic rings. The number of aromatic nitrogens is 1. The first kappa shape index (κ1) is 14.9. The molecule has 0 aromatic carbocycles. The summed E-state index contributed by atoms with van der Waals surface area (Å²) in [5.74, 6) is -1.14. The number of aromatic carboxylic acids is 1. The van der Waals surface area contributed by atoms with Crippen LogP contribution in [0.3, 0.4) is 0 Å². The summed E-state index contributed by atoms with van der Waals surface area (Å²) < 4.78 is 26.9. The van der Waals surface area contributed by atoms with Crippen molar-refractivity contribution >= 4 is 43.8 Å². The number of thiophene rings is 1. The second-order valence-corrected chi connectivity index (χ2v) is 8.21. The van der Waals surface area contributed by atoms with E-state index in [-0.39, 0.29) is 14.9 Å². The molecule has 0 unspecified atom stereocenters. The van der Waals surface area contributed by atoms with E-state index < -0.39 is 16.0 Å². The molecule has 0 atom stereocenters. The minimum Gasteiger partial charge on any atom is -0.477 e. The molecule has 6 nitrogen and oxygen atoms in total. The Morgan fingerprint density at radius 1 is 1.25 bits per heavy atom. The molecule has 9 heteroatoms. The number of sulfonamides is 1. The van der Waals surface area contributed by atoms with E-state index in [0.717, 1.165) is 28.0 Å². The lowest BCUT2D eigenvalue weighted by atomic mass is 10.4. The van der Waals surface area contributed by atoms with Crippen LogP contribution in [0.15, 0.2) is 11.0 Å². The Morgan fingerprint density at radius 3 is 2.35 bits per heavy atom. The quantitative estimate of drug-likeness (QED) is 0.897. The van der Waals surface area contributed by atoms with Crippen molar-refractivity contribution in [3.63, 3.8) is 0 Å². The molecule has 2 N–H and O–H groups in total. The van der Waals surface area contributed by atoms with Crippen molar-refractivity contribution in [2.45, 2.75) is 25.7 Å². The van der Waals surface area contributed by atoms with Crippen molar-refractivity contribution in [2.24, 2.45) is 0 Å². The third kappa shape index (κ3) is 2.84. The second kappa shape index (κ2) is 5.15. The molecular weight excluding hydrogens is 320 g/mol. The number of hydrogen-bond donors (Lipinski definition) is 2. The van der Waals surface area contributed by atoms with Crippen LogP contribution in [-0.2, 0) is 10.0 Å². The number of aryl methyl sites for hydroxylation is 3. The van der Waals surface area contributed by atoms with Gasteiger partial charge in [-0.3, -0.25) is 4.72 Å². The van der Waals surface area contributed by atoms with E-state index >= 15 is 0 Å². The number of carboxylic acid groups (broad SMARTS) is 1. The predicted octanol–water partition coefficient (Wildman–Crippen LogP) is 2.63. The molecule has 0 aliphatic heterocycles. The first-order valence-corrected chi connectivity index (χ1v) is 8.63. The van der Waals surface area contributed by atoms with Crippen LogP contribution < -0.4 is 4.72 Å². The molecule has 0 saturated heterocycles. The topological polar surface area (TPSA) is 96.4 Å². The van der Waals surface area contributed by atoms with Crippen LogP contribution in [0.4, 0.5) is 5.13 Å². The van der Waals surface area contributed by atoms with Crippen molar-refractivity contribution in [3.8, 4) is 0 Å². The summed E-state index contributed by atoms with van der Waals surface area (Å²) in [6.07, 6.45) is 0. The first-order valence-electron chi connectivity index (χ1n) is 5.51. The van der Waals surface area contributed by atoms with Gasteiger partial charge in [0.05, 0.1) is 5.69 Å². The highest BCUT2D eigenvalue weighted by molar-refractivity contribution is 7.93. The van der Waals surface area contributed by atoms with Crippen molar-refractivity contribution < 1.29 is 18.3 Å². The Morgan fingerprint density at radius 2 is 1.90 bits per heavy atom. The average Bonchev–Trinajstić information content (AvgIpc) is 2.83. The maximum absolute atomic E-state index is 12.2. The lowest BCUT2D eigenvalue weighted by Crippen LogP contribution is -2.13. The Hall–Kier alpha value is -1.45. The molecule has 0 aliphatic rings. The molecule has 2 heterocycles. The number of carbonyl (C=O) groups is 1. The average molecular weight is 332 g/mol. The number of nitrogens with one attached hydrogen (secondary N) is 1. The van der Waals surface area contributed by atoms with E-state index in [1.165, 1.54) is 11.3 Å². The standard InChI is InChI=1S/C11H12N2O4S3/c1-5-6(2)19-11(12-5)13-20(16,17)9-4-8(10(14)15)18-7(9)3/h4H,1-3H3,(H,12,13)(H,14,15). The van der Waals surface area contributed by atoms with Gasteiger partial charge >= 0.3 is 5.97 Å². The second-order valence-electron chi connectivity index (χ2n) is 4.10. The lowest BCUT2D eigenvalue weighted by Gasteiger charge is -2.03. The van der Waals surface area contributed by atoms with Gasteiger partial charge in [0, 0.05) is 9.75 Å². The van der Waals surface area contributed by atoms with E-state index in [9.17, 15) is 13.2 Å². The highest BCUT2D eigenvalue weighted by Crippen LogP contribution is 2.29. The summed E-state index contributed by atoms with van der Waals surface area (Å²) in [7, 11) is -3.82. The van der Waals surface area contributed by atoms with Gasteiger partial charge in [-0.05, 0) is 26.8 Å². The van der Waals surface area contributed by atoms with Crippen molar-refractivity contribution in [1.29, 1.82) is 0 Å². The molecule has 2 aromatic heterocycles. The van der Waals surface area contributed by atoms with Crippen LogP contribution in [0.5, 0.6) is 0 Å². The molecule has 0 bridgehead atoms. The highest BCUT2D eigenvalue weighted by atomic mass is 32.2. The Kier molecular flexibility index (Phi) is 3.85. The zero-order valence-corrected chi connectivity index (χ0v) is 13.4. The Labute approximate surface area is 124 Å². The van der Waals surface area contributed by atoms with E-state index in [1.54, 1.807) is 13.8 Å². The fourth-order valence-corrected chi connectivity index (χ4v) is 5.00. The summed E-state index contributed by atoms with van der Waals surface area (Å²) in [5, 5.41) is 9.18. The lowest BCUT2D eigenvalue weighted by molar-refractivity contribution is 0.0702. The van der Waals surface area contributed by atoms with Crippen LogP contribution in [0.2, 0.25) is 0 Å². The summed E-state index contributed by atoms with van der Waals surface area (Å²) in [5.41, 5.74) is 0.765. The van der Waals surface area contributed by atoms with Gasteiger partial charge in [0.25, 0.3) is 10.0 Å². The number of anilines is 1. The van der Waals surface area contributed by atoms with Gasteiger partial charge < -0.3 is 5.11 Å². The van der Waals surface area contributed by atoms with E-state index in [2.05, 4.69) is 9.71 Å². The molecule has 0 fully saturated rings. The van der Waals surface area contributed by atoms with Crippen LogP contribution in [0.25, 0.3) is 0 Å². The van der Waals surface area contributed by atoms with Gasteiger partial charge in [0.15, 0.2) is 5.13 Å². The minimum atomic E-state index is -3.82. The predicted molar refractivity (Wildman–Crippen MR) is 78.4 cm³/mol. The normalized spacial score (nSPS) is 11.6. The Bertz CT molecular complexity index is 754. The smallest absolute Gasteiger partial charge is 0.345 e. The molecule has 20 heavy (non-hydrogen) atoms. The zero-order valence-electron chi connectivity index (χ0n) is 10.9. The molecule has 108 valence electrons. The number of hydrogen-bond acceptors (Lipinski definition) is 6. The van der Waals surface area contributed by atoms with Crippen LogP contribution in [0, 0.1) is 20.8 Å². The van der Waals surface area contributed by atoms with Gasteiger partial charge in [0.2, 0.25) is 0 Å². The summed E-state index contributed by atoms with van der Waals surface area (Å²) >= 11 is 2.17. The number of carboxylic acids is 1. The highest BCUT2D eigenvalue weighted by Gasteiger charge is 2.23. The molecule has 2 rings (SSSR count). The molecule has 0 aliphatic carbocycles. The SMILES string of the molecule is Cc1nc(NS(=O)(=O)c2cc(C(=O)O)sc2C)sc1C. The molecule has 0 spiro atoms. The minimum absolute atomic E-state index is 0.00521. The molecule has 0 radical (unpaired) electrons. The Balaban J connectivity index is 2.37. The number of nitrogens with zero attached hydrogens (tertiary/aromatic N) is 1. The van der Waals surface area contributed by atoms with Crippen molar-refractivity contribution in [1.82, 2.24) is 4.98 Å². The van der Waals surface area contributed by atoms with Gasteiger partial charge in [-0.15, -0.1) is 22.7 Å². The van der Waals surface area contributed by atoms with E-state index in [1.807, 2.05) is 6.92 Å². The van der Waals surface area contributed by atoms with Gasteiger partial charge in [0.1, 0.15) is 9.77 Å². The van der Waals surface area contributed by atoms with Crippen molar-refractivity contribution in [3.05, 3.63) is 26.4 Å². The van der Waals surface area contributed by atoms with Crippen LogP contribution in [-0.4, -0.2) is 24.5 Å². The van der Waals surface area contributed by atoms with Gasteiger partial charge in [-0.2, -0.15) is 0 Å². The fourth-order valence-electron chi connectivity index (χ4n) is 1.52. The molecule has 0 amide bonds. The largest absolute Gasteiger partial charge is 0.477 e. The van der Waals surface area contributed by atoms with Crippen LogP contribution >= 0.6 is 22.7 Å². The maximum Gasteiger partial charge on any atom is 0.345 e. The fraction of sp³-hybridized carbons (Fsp3) is 0.273. The number of thiazole rings is 1. The third-order valence-corrected chi connectivity index (χ3v) is 6.37. The monoisotopic (exact) mass is 332 g/mol. The maximum atomic E-state index is 12.2. The van der Waals surface area contributed by atoms with E-state index in [4.69, 9.17) is 5.11 Å². The van der Waals surface area contributed by atoms with Crippen LogP contribution in [0.1, 0.15) is 25.1 Å². The zero-order chi connectivity index (χ0) is 15.1. The summed E-state index contributed by atoms with van der Waals surface area (Å²) in [6, 6.07) is 1.16.